The zero-order valence-corrected chi connectivity index (χ0v) is 18.3. The summed E-state index contributed by atoms with van der Waals surface area (Å²) in [6.07, 6.45) is 4.17. The van der Waals surface area contributed by atoms with Gasteiger partial charge in [-0.15, -0.1) is 0 Å². The van der Waals surface area contributed by atoms with Crippen LogP contribution in [0.25, 0.3) is 11.0 Å². The minimum atomic E-state index is -3.98. The Balaban J connectivity index is 1.84. The normalized spacial score (nSPS) is 15.0. The van der Waals surface area contributed by atoms with Crippen molar-refractivity contribution in [3.63, 3.8) is 0 Å². The van der Waals surface area contributed by atoms with Crippen molar-refractivity contribution in [1.82, 2.24) is 0 Å². The van der Waals surface area contributed by atoms with Gasteiger partial charge >= 0.3 is 5.63 Å². The van der Waals surface area contributed by atoms with E-state index in [-0.39, 0.29) is 16.6 Å². The topological polar surface area (TPSA) is 88.4 Å². The lowest BCUT2D eigenvalue weighted by atomic mass is 10.1. The van der Waals surface area contributed by atoms with Crippen LogP contribution in [0.1, 0.15) is 31.2 Å². The van der Waals surface area contributed by atoms with E-state index in [1.807, 2.05) is 12.1 Å². The molecule has 1 heterocycles. The van der Waals surface area contributed by atoms with Crippen LogP contribution in [0.4, 0.5) is 11.4 Å². The van der Waals surface area contributed by atoms with Gasteiger partial charge in [0.25, 0.3) is 10.0 Å². The molecule has 0 amide bonds. The van der Waals surface area contributed by atoms with Gasteiger partial charge in [-0.25, -0.2) is 13.2 Å². The summed E-state index contributed by atoms with van der Waals surface area (Å²) in [6, 6.07) is 12.2. The van der Waals surface area contributed by atoms with Crippen LogP contribution in [0.15, 0.2) is 61.0 Å². The third-order valence-electron chi connectivity index (χ3n) is 5.18. The molecule has 0 unspecified atom stereocenters. The van der Waals surface area contributed by atoms with Gasteiger partial charge in [0.1, 0.15) is 5.58 Å². The van der Waals surface area contributed by atoms with Crippen LogP contribution in [0.3, 0.4) is 0 Å². The van der Waals surface area contributed by atoms with Crippen LogP contribution in [-0.2, 0) is 10.0 Å². The molecule has 1 aromatic heterocycles. The number of para-hydroxylation sites is 1. The Hall–Kier alpha value is -2.32. The van der Waals surface area contributed by atoms with Crippen molar-refractivity contribution in [2.45, 2.75) is 43.5 Å². The Bertz CT molecular complexity index is 1230. The maximum absolute atomic E-state index is 13.1. The fraction of sp³-hybridized carbons (Fsp3) is 0.286. The van der Waals surface area contributed by atoms with Gasteiger partial charge in [0.05, 0.1) is 10.6 Å². The molecule has 152 valence electrons. The Morgan fingerprint density at radius 1 is 1.07 bits per heavy atom. The highest BCUT2D eigenvalue weighted by Crippen LogP contribution is 2.33. The molecule has 0 spiro atoms. The molecular weight excluding hydrogens is 456 g/mol. The Morgan fingerprint density at radius 3 is 2.52 bits per heavy atom. The molecule has 4 rings (SSSR count). The highest BCUT2D eigenvalue weighted by Gasteiger charge is 2.25. The minimum absolute atomic E-state index is 0.0853. The molecule has 2 aromatic carbocycles. The summed E-state index contributed by atoms with van der Waals surface area (Å²) in [4.78, 5) is 12.8. The SMILES string of the molecule is Cc1cc(Br)ccc1S(=O)(=O)Nc1c(NC2CCCC2)c2ccccc2oc1=O. The monoisotopic (exact) mass is 476 g/mol. The predicted molar refractivity (Wildman–Crippen MR) is 118 cm³/mol. The third kappa shape index (κ3) is 4.04. The van der Waals surface area contributed by atoms with Crippen LogP contribution >= 0.6 is 15.9 Å². The van der Waals surface area contributed by atoms with Crippen LogP contribution in [-0.4, -0.2) is 14.5 Å². The first-order chi connectivity index (χ1) is 13.8. The number of anilines is 2. The Morgan fingerprint density at radius 2 is 1.79 bits per heavy atom. The van der Waals surface area contributed by atoms with Crippen molar-refractivity contribution in [3.8, 4) is 0 Å². The zero-order chi connectivity index (χ0) is 20.6. The molecule has 29 heavy (non-hydrogen) atoms. The van der Waals surface area contributed by atoms with Gasteiger partial charge in [-0.3, -0.25) is 4.72 Å². The molecule has 8 heteroatoms. The van der Waals surface area contributed by atoms with Crippen molar-refractivity contribution in [2.75, 3.05) is 10.0 Å². The second-order valence-electron chi connectivity index (χ2n) is 7.28. The number of halogens is 1. The molecule has 1 fully saturated rings. The first-order valence-corrected chi connectivity index (χ1v) is 11.7. The number of rotatable bonds is 5. The number of fused-ring (bicyclic) bond motifs is 1. The van der Waals surface area contributed by atoms with Crippen LogP contribution in [0.5, 0.6) is 0 Å². The summed E-state index contributed by atoms with van der Waals surface area (Å²) < 4.78 is 34.8. The van der Waals surface area contributed by atoms with Crippen LogP contribution in [0, 0.1) is 6.92 Å². The average Bonchev–Trinajstić information content (AvgIpc) is 3.17. The smallest absolute Gasteiger partial charge is 0.363 e. The van der Waals surface area contributed by atoms with E-state index in [9.17, 15) is 13.2 Å². The first kappa shape index (κ1) is 20.0. The molecule has 1 aliphatic carbocycles. The Kier molecular flexibility index (Phi) is 5.40. The largest absolute Gasteiger partial charge is 0.421 e. The molecule has 0 radical (unpaired) electrons. The molecular formula is C21H21BrN2O4S. The lowest BCUT2D eigenvalue weighted by Crippen LogP contribution is -2.23. The number of aryl methyl sites for hydroxylation is 1. The fourth-order valence-corrected chi connectivity index (χ4v) is 5.54. The molecule has 1 aliphatic rings. The van der Waals surface area contributed by atoms with E-state index in [4.69, 9.17) is 4.42 Å². The van der Waals surface area contributed by atoms with Crippen LogP contribution in [0.2, 0.25) is 0 Å². The first-order valence-electron chi connectivity index (χ1n) is 9.46. The van der Waals surface area contributed by atoms with Crippen molar-refractivity contribution >= 4 is 48.3 Å². The van der Waals surface area contributed by atoms with Crippen molar-refractivity contribution in [3.05, 3.63) is 62.9 Å². The van der Waals surface area contributed by atoms with Gasteiger partial charge < -0.3 is 9.73 Å². The second-order valence-corrected chi connectivity index (χ2v) is 9.84. The van der Waals surface area contributed by atoms with E-state index in [1.165, 1.54) is 6.07 Å². The predicted octanol–water partition coefficient (Wildman–Crippen LogP) is 5.02. The summed E-state index contributed by atoms with van der Waals surface area (Å²) in [5, 5.41) is 4.07. The molecule has 6 nitrogen and oxygen atoms in total. The van der Waals surface area contributed by atoms with Gasteiger partial charge in [0, 0.05) is 15.9 Å². The summed E-state index contributed by atoms with van der Waals surface area (Å²) in [5.41, 5.74) is 0.658. The van der Waals surface area contributed by atoms with E-state index >= 15 is 0 Å². The van der Waals surface area contributed by atoms with Gasteiger partial charge in [-0.1, -0.05) is 40.9 Å². The average molecular weight is 477 g/mol. The maximum atomic E-state index is 13.1. The third-order valence-corrected chi connectivity index (χ3v) is 7.18. The summed E-state index contributed by atoms with van der Waals surface area (Å²) in [6.45, 7) is 1.71. The summed E-state index contributed by atoms with van der Waals surface area (Å²) in [5.74, 6) is 0. The highest BCUT2D eigenvalue weighted by molar-refractivity contribution is 9.10. The molecule has 0 aliphatic heterocycles. The highest BCUT2D eigenvalue weighted by atomic mass is 79.9. The molecule has 0 atom stereocenters. The zero-order valence-electron chi connectivity index (χ0n) is 15.9. The van der Waals surface area contributed by atoms with Crippen LogP contribution < -0.4 is 15.7 Å². The quantitative estimate of drug-likeness (QED) is 0.504. The number of hydrogen-bond donors (Lipinski definition) is 2. The van der Waals surface area contributed by atoms with Crippen molar-refractivity contribution < 1.29 is 12.8 Å². The van der Waals surface area contributed by atoms with Crippen molar-refractivity contribution in [2.24, 2.45) is 0 Å². The van der Waals surface area contributed by atoms with E-state index in [2.05, 4.69) is 26.0 Å². The standard InChI is InChI=1S/C21H21BrN2O4S/c1-13-12-14(22)10-11-18(13)29(26,27)24-20-19(23-15-6-2-3-7-15)16-8-4-5-9-17(16)28-21(20)25/h4-5,8-12,15,23-24H,2-3,6-7H2,1H3. The number of benzene rings is 2. The van der Waals surface area contributed by atoms with E-state index in [0.29, 0.717) is 22.2 Å². The van der Waals surface area contributed by atoms with Crippen molar-refractivity contribution in [1.29, 1.82) is 0 Å². The lowest BCUT2D eigenvalue weighted by Gasteiger charge is -2.19. The van der Waals surface area contributed by atoms with E-state index < -0.39 is 15.6 Å². The Labute approximate surface area is 177 Å². The van der Waals surface area contributed by atoms with E-state index in [0.717, 1.165) is 30.2 Å². The molecule has 0 saturated heterocycles. The van der Waals surface area contributed by atoms with Gasteiger partial charge in [0.15, 0.2) is 5.69 Å². The van der Waals surface area contributed by atoms with E-state index in [1.54, 1.807) is 31.2 Å². The maximum Gasteiger partial charge on any atom is 0.363 e. The number of hydrogen-bond acceptors (Lipinski definition) is 5. The molecule has 0 bridgehead atoms. The van der Waals surface area contributed by atoms with Gasteiger partial charge in [0.2, 0.25) is 0 Å². The second kappa shape index (κ2) is 7.84. The molecule has 3 aromatic rings. The molecule has 2 N–H and O–H groups in total. The fourth-order valence-electron chi connectivity index (χ4n) is 3.77. The number of sulfonamides is 1. The van der Waals surface area contributed by atoms with Gasteiger partial charge in [-0.2, -0.15) is 0 Å². The lowest BCUT2D eigenvalue weighted by molar-refractivity contribution is 0.562. The summed E-state index contributed by atoms with van der Waals surface area (Å²) >= 11 is 3.34. The molecule has 1 saturated carbocycles. The van der Waals surface area contributed by atoms with Gasteiger partial charge in [-0.05, 0) is 55.7 Å². The minimum Gasteiger partial charge on any atom is -0.421 e. The summed E-state index contributed by atoms with van der Waals surface area (Å²) in [7, 11) is -3.98. The number of nitrogens with one attached hydrogen (secondary N) is 2.